The van der Waals surface area contributed by atoms with Crippen molar-refractivity contribution in [3.8, 4) is 0 Å². The number of nitrogens with zero attached hydrogens (tertiary/aromatic N) is 2. The standard InChI is InChI=1S/C23H20N4O3/c28-21-17-9-6-10-18(25-23(29)26-19-11-4-5-12-24-19)20(17)22-27(21)16(14-30-22)13-15-7-2-1-3-8-15/h1-12,16,22H,13-14H2,(H2,24,25,26,29)/t16-,22?/m1/s1. The Bertz CT molecular complexity index is 1090. The second-order valence-corrected chi connectivity index (χ2v) is 7.30. The zero-order valence-electron chi connectivity index (χ0n) is 16.1. The van der Waals surface area contributed by atoms with Gasteiger partial charge in [-0.3, -0.25) is 10.1 Å². The summed E-state index contributed by atoms with van der Waals surface area (Å²) in [4.78, 5) is 31.5. The number of rotatable bonds is 4. The zero-order chi connectivity index (χ0) is 20.5. The summed E-state index contributed by atoms with van der Waals surface area (Å²) in [7, 11) is 0. The van der Waals surface area contributed by atoms with E-state index in [0.29, 0.717) is 29.2 Å². The molecule has 2 aliphatic rings. The molecule has 5 rings (SSSR count). The van der Waals surface area contributed by atoms with Gasteiger partial charge in [0.15, 0.2) is 6.23 Å². The molecule has 0 spiro atoms. The van der Waals surface area contributed by atoms with Crippen LogP contribution in [-0.2, 0) is 11.2 Å². The van der Waals surface area contributed by atoms with E-state index in [2.05, 4.69) is 27.8 Å². The van der Waals surface area contributed by atoms with E-state index in [1.165, 1.54) is 0 Å². The van der Waals surface area contributed by atoms with Crippen LogP contribution in [0.3, 0.4) is 0 Å². The number of ether oxygens (including phenoxy) is 1. The van der Waals surface area contributed by atoms with E-state index < -0.39 is 12.3 Å². The number of carbonyl (C=O) groups is 2. The topological polar surface area (TPSA) is 83.6 Å². The molecule has 2 N–H and O–H groups in total. The van der Waals surface area contributed by atoms with E-state index in [-0.39, 0.29) is 11.9 Å². The molecule has 3 heterocycles. The van der Waals surface area contributed by atoms with Gasteiger partial charge in [-0.05, 0) is 36.2 Å². The van der Waals surface area contributed by atoms with Gasteiger partial charge in [-0.1, -0.05) is 42.5 Å². The SMILES string of the molecule is O=C(Nc1ccccn1)Nc1cccc2c1C1OC[C@@H](Cc3ccccc3)N1C2=O. The van der Waals surface area contributed by atoms with Crippen molar-refractivity contribution in [1.82, 2.24) is 9.88 Å². The Morgan fingerprint density at radius 2 is 1.87 bits per heavy atom. The number of urea groups is 1. The fraction of sp³-hybridized carbons (Fsp3) is 0.174. The van der Waals surface area contributed by atoms with Crippen molar-refractivity contribution in [2.45, 2.75) is 18.7 Å². The fourth-order valence-electron chi connectivity index (χ4n) is 4.06. The summed E-state index contributed by atoms with van der Waals surface area (Å²) < 4.78 is 6.02. The van der Waals surface area contributed by atoms with Crippen molar-refractivity contribution >= 4 is 23.4 Å². The monoisotopic (exact) mass is 400 g/mol. The molecule has 1 fully saturated rings. The minimum atomic E-state index is -0.493. The smallest absolute Gasteiger partial charge is 0.324 e. The Hall–Kier alpha value is -3.71. The number of aromatic nitrogens is 1. The summed E-state index contributed by atoms with van der Waals surface area (Å²) >= 11 is 0. The van der Waals surface area contributed by atoms with Crippen molar-refractivity contribution in [2.24, 2.45) is 0 Å². The van der Waals surface area contributed by atoms with Crippen LogP contribution in [0.2, 0.25) is 0 Å². The van der Waals surface area contributed by atoms with Gasteiger partial charge in [0.05, 0.1) is 18.3 Å². The van der Waals surface area contributed by atoms with Crippen LogP contribution in [0.15, 0.2) is 72.9 Å². The van der Waals surface area contributed by atoms with Crippen molar-refractivity contribution in [3.05, 3.63) is 89.6 Å². The number of fused-ring (bicyclic) bond motifs is 3. The number of nitrogens with one attached hydrogen (secondary N) is 2. The number of benzene rings is 2. The predicted octanol–water partition coefficient (Wildman–Crippen LogP) is 3.82. The number of hydrogen-bond donors (Lipinski definition) is 2. The first kappa shape index (κ1) is 18.3. The maximum absolute atomic E-state index is 13.1. The van der Waals surface area contributed by atoms with Crippen LogP contribution in [0.4, 0.5) is 16.3 Å². The lowest BCUT2D eigenvalue weighted by Crippen LogP contribution is -2.35. The molecule has 0 aliphatic carbocycles. The summed E-state index contributed by atoms with van der Waals surface area (Å²) in [5.74, 6) is 0.377. The highest BCUT2D eigenvalue weighted by molar-refractivity contribution is 6.05. The highest BCUT2D eigenvalue weighted by Crippen LogP contribution is 2.44. The fourth-order valence-corrected chi connectivity index (χ4v) is 4.06. The lowest BCUT2D eigenvalue weighted by molar-refractivity contribution is 0.0356. The van der Waals surface area contributed by atoms with Gasteiger partial charge < -0.3 is 15.0 Å². The van der Waals surface area contributed by atoms with Crippen LogP contribution < -0.4 is 10.6 Å². The van der Waals surface area contributed by atoms with Crippen molar-refractivity contribution < 1.29 is 14.3 Å². The van der Waals surface area contributed by atoms with E-state index in [4.69, 9.17) is 4.74 Å². The lowest BCUT2D eigenvalue weighted by Gasteiger charge is -2.22. The first-order valence-corrected chi connectivity index (χ1v) is 9.81. The molecule has 1 aromatic heterocycles. The average Bonchev–Trinajstić information content (AvgIpc) is 3.29. The van der Waals surface area contributed by atoms with Crippen LogP contribution in [0, 0.1) is 0 Å². The van der Waals surface area contributed by atoms with E-state index in [1.54, 1.807) is 47.5 Å². The molecule has 3 aromatic rings. The average molecular weight is 400 g/mol. The third-order valence-electron chi connectivity index (χ3n) is 5.38. The Kier molecular flexibility index (Phi) is 4.65. The number of carbonyl (C=O) groups excluding carboxylic acids is 2. The van der Waals surface area contributed by atoms with Gasteiger partial charge in [0.25, 0.3) is 5.91 Å². The summed E-state index contributed by atoms with van der Waals surface area (Å²) in [5, 5.41) is 5.53. The van der Waals surface area contributed by atoms with Gasteiger partial charge in [-0.2, -0.15) is 0 Å². The third kappa shape index (κ3) is 3.29. The maximum Gasteiger partial charge on any atom is 0.324 e. The molecule has 0 bridgehead atoms. The number of hydrogen-bond acceptors (Lipinski definition) is 4. The van der Waals surface area contributed by atoms with Gasteiger partial charge >= 0.3 is 6.03 Å². The quantitative estimate of drug-likeness (QED) is 0.697. The predicted molar refractivity (Wildman–Crippen MR) is 112 cm³/mol. The molecule has 0 radical (unpaired) electrons. The van der Waals surface area contributed by atoms with E-state index in [1.807, 2.05) is 18.2 Å². The molecular weight excluding hydrogens is 380 g/mol. The highest BCUT2D eigenvalue weighted by Gasteiger charge is 2.47. The first-order chi connectivity index (χ1) is 14.7. The summed E-state index contributed by atoms with van der Waals surface area (Å²) in [5.41, 5.74) is 2.98. The first-order valence-electron chi connectivity index (χ1n) is 9.81. The van der Waals surface area contributed by atoms with Gasteiger partial charge in [0.1, 0.15) is 5.82 Å². The molecule has 1 unspecified atom stereocenters. The molecule has 3 amide bonds. The Balaban J connectivity index is 1.37. The molecule has 150 valence electrons. The number of amides is 3. The minimum absolute atomic E-state index is 0.0486. The van der Waals surface area contributed by atoms with Gasteiger partial charge in [0, 0.05) is 17.3 Å². The molecule has 2 atom stereocenters. The zero-order valence-corrected chi connectivity index (χ0v) is 16.1. The molecule has 7 nitrogen and oxygen atoms in total. The van der Waals surface area contributed by atoms with Gasteiger partial charge in [-0.25, -0.2) is 9.78 Å². The molecule has 2 aliphatic heterocycles. The van der Waals surface area contributed by atoms with Crippen molar-refractivity contribution in [2.75, 3.05) is 17.2 Å². The van der Waals surface area contributed by atoms with Gasteiger partial charge in [-0.15, -0.1) is 0 Å². The summed E-state index contributed by atoms with van der Waals surface area (Å²) in [6.07, 6.45) is 1.83. The van der Waals surface area contributed by atoms with E-state index in [9.17, 15) is 9.59 Å². The minimum Gasteiger partial charge on any atom is -0.352 e. The normalized spacial score (nSPS) is 19.3. The summed E-state index contributed by atoms with van der Waals surface area (Å²) in [6.45, 7) is 0.458. The van der Waals surface area contributed by atoms with Crippen LogP contribution in [0.5, 0.6) is 0 Å². The number of pyridine rings is 1. The largest absolute Gasteiger partial charge is 0.352 e. The van der Waals surface area contributed by atoms with Crippen molar-refractivity contribution in [1.29, 1.82) is 0 Å². The molecule has 1 saturated heterocycles. The molecule has 7 heteroatoms. The van der Waals surface area contributed by atoms with E-state index >= 15 is 0 Å². The van der Waals surface area contributed by atoms with Gasteiger partial charge in [0.2, 0.25) is 0 Å². The summed E-state index contributed by atoms with van der Waals surface area (Å²) in [6, 6.07) is 20.2. The molecule has 0 saturated carbocycles. The molecule has 2 aromatic carbocycles. The van der Waals surface area contributed by atoms with E-state index in [0.717, 1.165) is 12.0 Å². The number of anilines is 2. The lowest BCUT2D eigenvalue weighted by atomic mass is 10.1. The maximum atomic E-state index is 13.1. The molecular formula is C23H20N4O3. The van der Waals surface area contributed by atoms with Crippen LogP contribution >= 0.6 is 0 Å². The van der Waals surface area contributed by atoms with Crippen LogP contribution in [0.1, 0.15) is 27.7 Å². The van der Waals surface area contributed by atoms with Crippen LogP contribution in [0.25, 0.3) is 0 Å². The Morgan fingerprint density at radius 3 is 2.67 bits per heavy atom. The third-order valence-corrected chi connectivity index (χ3v) is 5.38. The second kappa shape index (κ2) is 7.61. The molecule has 30 heavy (non-hydrogen) atoms. The Morgan fingerprint density at radius 1 is 1.03 bits per heavy atom. The second-order valence-electron chi connectivity index (χ2n) is 7.30. The highest BCUT2D eigenvalue weighted by atomic mass is 16.5. The van der Waals surface area contributed by atoms with Crippen LogP contribution in [-0.4, -0.2) is 34.5 Å². The Labute approximate surface area is 173 Å². The van der Waals surface area contributed by atoms with Crippen molar-refractivity contribution in [3.63, 3.8) is 0 Å².